The average Bonchev–Trinajstić information content (AvgIpc) is 2.94. The van der Waals surface area contributed by atoms with Gasteiger partial charge in [0, 0.05) is 17.2 Å². The zero-order valence-corrected chi connectivity index (χ0v) is 13.9. The Morgan fingerprint density at radius 2 is 2.00 bits per heavy atom. The van der Waals surface area contributed by atoms with Crippen LogP contribution in [0.25, 0.3) is 5.69 Å². The fourth-order valence-electron chi connectivity index (χ4n) is 1.75. The van der Waals surface area contributed by atoms with E-state index < -0.39 is 0 Å². The summed E-state index contributed by atoms with van der Waals surface area (Å²) >= 11 is 3.38. The Balaban J connectivity index is 0.00000220. The van der Waals surface area contributed by atoms with E-state index in [4.69, 9.17) is 5.73 Å². The number of nitrogens with two attached hydrogens (primary N) is 1. The molecule has 2 rings (SSSR count). The first-order valence-corrected chi connectivity index (χ1v) is 7.29. The van der Waals surface area contributed by atoms with Crippen molar-refractivity contribution in [3.8, 4) is 5.69 Å². The predicted molar refractivity (Wildman–Crippen MR) is 89.1 cm³/mol. The molecule has 0 spiro atoms. The Morgan fingerprint density at radius 1 is 1.29 bits per heavy atom. The van der Waals surface area contributed by atoms with Gasteiger partial charge >= 0.3 is 0 Å². The first-order chi connectivity index (χ1) is 9.70. The molecule has 1 aromatic heterocycles. The molecule has 5 nitrogen and oxygen atoms in total. The maximum Gasteiger partial charge on any atom is 0.254 e. The van der Waals surface area contributed by atoms with E-state index in [0.29, 0.717) is 18.7 Å². The van der Waals surface area contributed by atoms with Crippen molar-refractivity contribution in [2.45, 2.75) is 12.8 Å². The van der Waals surface area contributed by atoms with Crippen molar-refractivity contribution in [3.63, 3.8) is 0 Å². The Morgan fingerprint density at radius 3 is 2.67 bits per heavy atom. The van der Waals surface area contributed by atoms with Crippen molar-refractivity contribution in [3.05, 3.63) is 46.7 Å². The van der Waals surface area contributed by atoms with Crippen molar-refractivity contribution >= 4 is 34.2 Å². The molecular weight excluding hydrogens is 356 g/mol. The summed E-state index contributed by atoms with van der Waals surface area (Å²) in [6, 6.07) is 7.73. The van der Waals surface area contributed by atoms with Gasteiger partial charge in [-0.15, -0.1) is 12.4 Å². The van der Waals surface area contributed by atoms with Gasteiger partial charge in [0.1, 0.15) is 0 Å². The number of hydrogen-bond donors (Lipinski definition) is 2. The molecular formula is C14H18BrClN4O. The molecule has 0 bridgehead atoms. The number of aromatic nitrogens is 2. The Hall–Kier alpha value is -1.37. The van der Waals surface area contributed by atoms with Gasteiger partial charge in [0.15, 0.2) is 0 Å². The van der Waals surface area contributed by atoms with Crippen LogP contribution in [0.4, 0.5) is 0 Å². The molecule has 21 heavy (non-hydrogen) atoms. The second-order valence-corrected chi connectivity index (χ2v) is 5.32. The lowest BCUT2D eigenvalue weighted by atomic mass is 10.3. The lowest BCUT2D eigenvalue weighted by molar-refractivity contribution is 0.0953. The van der Waals surface area contributed by atoms with Crippen molar-refractivity contribution < 1.29 is 4.79 Å². The van der Waals surface area contributed by atoms with Crippen LogP contribution in [0.15, 0.2) is 41.1 Å². The number of nitrogens with zero attached hydrogens (tertiary/aromatic N) is 2. The Kier molecular flexibility index (Phi) is 7.42. The lowest BCUT2D eigenvalue weighted by Crippen LogP contribution is -2.24. The molecule has 0 atom stereocenters. The van der Waals surface area contributed by atoms with Gasteiger partial charge in [0.05, 0.1) is 17.4 Å². The largest absolute Gasteiger partial charge is 0.352 e. The van der Waals surface area contributed by atoms with Gasteiger partial charge in [0.2, 0.25) is 0 Å². The summed E-state index contributed by atoms with van der Waals surface area (Å²) in [6.07, 6.45) is 5.10. The van der Waals surface area contributed by atoms with Crippen LogP contribution in [0.2, 0.25) is 0 Å². The number of carbonyl (C=O) groups excluding carboxylic acids is 1. The van der Waals surface area contributed by atoms with Gasteiger partial charge in [-0.1, -0.05) is 15.9 Å². The van der Waals surface area contributed by atoms with E-state index in [9.17, 15) is 4.79 Å². The molecule has 0 fully saturated rings. The molecule has 0 aliphatic carbocycles. The first kappa shape index (κ1) is 17.7. The smallest absolute Gasteiger partial charge is 0.254 e. The SMILES string of the molecule is Cl.NCCCCNC(=O)c1cnn(-c2ccc(Br)cc2)c1. The summed E-state index contributed by atoms with van der Waals surface area (Å²) < 4.78 is 2.69. The standard InChI is InChI=1S/C14H17BrN4O.ClH/c15-12-3-5-13(6-4-12)19-10-11(9-18-19)14(20)17-8-2-1-7-16;/h3-6,9-10H,1-2,7-8,16H2,(H,17,20);1H. The van der Waals surface area contributed by atoms with E-state index in [1.807, 2.05) is 24.3 Å². The summed E-state index contributed by atoms with van der Waals surface area (Å²) in [6.45, 7) is 1.29. The fraction of sp³-hybridized carbons (Fsp3) is 0.286. The van der Waals surface area contributed by atoms with Crippen LogP contribution in [-0.4, -0.2) is 28.8 Å². The number of amides is 1. The minimum Gasteiger partial charge on any atom is -0.352 e. The van der Waals surface area contributed by atoms with Crippen LogP contribution in [0.1, 0.15) is 23.2 Å². The van der Waals surface area contributed by atoms with Gasteiger partial charge in [-0.05, 0) is 43.7 Å². The van der Waals surface area contributed by atoms with Crippen molar-refractivity contribution in [1.29, 1.82) is 0 Å². The molecule has 3 N–H and O–H groups in total. The third-order valence-corrected chi connectivity index (χ3v) is 3.38. The zero-order chi connectivity index (χ0) is 14.4. The number of nitrogens with one attached hydrogen (secondary N) is 1. The first-order valence-electron chi connectivity index (χ1n) is 6.49. The molecule has 1 amide bonds. The predicted octanol–water partition coefficient (Wildman–Crippen LogP) is 2.53. The number of halogens is 2. The summed E-state index contributed by atoms with van der Waals surface area (Å²) in [7, 11) is 0. The molecule has 0 saturated carbocycles. The maximum absolute atomic E-state index is 11.9. The van der Waals surface area contributed by atoms with E-state index in [1.165, 1.54) is 0 Å². The number of benzene rings is 1. The highest BCUT2D eigenvalue weighted by molar-refractivity contribution is 9.10. The highest BCUT2D eigenvalue weighted by atomic mass is 79.9. The van der Waals surface area contributed by atoms with Gasteiger partial charge in [0.25, 0.3) is 5.91 Å². The minimum absolute atomic E-state index is 0. The Labute approximate surface area is 138 Å². The molecule has 1 heterocycles. The number of carbonyl (C=O) groups is 1. The zero-order valence-electron chi connectivity index (χ0n) is 11.5. The summed E-state index contributed by atoms with van der Waals surface area (Å²) in [5.41, 5.74) is 6.87. The van der Waals surface area contributed by atoms with Crippen molar-refractivity contribution in [2.75, 3.05) is 13.1 Å². The van der Waals surface area contributed by atoms with Crippen LogP contribution >= 0.6 is 28.3 Å². The monoisotopic (exact) mass is 372 g/mol. The van der Waals surface area contributed by atoms with E-state index in [-0.39, 0.29) is 18.3 Å². The minimum atomic E-state index is -0.106. The summed E-state index contributed by atoms with van der Waals surface area (Å²) in [5, 5.41) is 7.05. The molecule has 0 aliphatic rings. The van der Waals surface area contributed by atoms with Crippen LogP contribution in [0.3, 0.4) is 0 Å². The third-order valence-electron chi connectivity index (χ3n) is 2.85. The third kappa shape index (κ3) is 5.15. The molecule has 2 aromatic rings. The van der Waals surface area contributed by atoms with Crippen LogP contribution in [-0.2, 0) is 0 Å². The number of unbranched alkanes of at least 4 members (excludes halogenated alkanes) is 1. The number of rotatable bonds is 6. The fourth-order valence-corrected chi connectivity index (χ4v) is 2.01. The second kappa shape index (κ2) is 8.81. The molecule has 0 radical (unpaired) electrons. The van der Waals surface area contributed by atoms with Gasteiger partial charge in [-0.25, -0.2) is 4.68 Å². The quantitative estimate of drug-likeness (QED) is 0.764. The van der Waals surface area contributed by atoms with E-state index >= 15 is 0 Å². The van der Waals surface area contributed by atoms with Gasteiger partial charge < -0.3 is 11.1 Å². The topological polar surface area (TPSA) is 72.9 Å². The normalized spacial score (nSPS) is 10.0. The molecule has 7 heteroatoms. The molecule has 0 unspecified atom stereocenters. The molecule has 114 valence electrons. The van der Waals surface area contributed by atoms with Crippen molar-refractivity contribution in [2.24, 2.45) is 5.73 Å². The summed E-state index contributed by atoms with van der Waals surface area (Å²) in [5.74, 6) is -0.106. The van der Waals surface area contributed by atoms with E-state index in [2.05, 4.69) is 26.3 Å². The highest BCUT2D eigenvalue weighted by Crippen LogP contribution is 2.14. The summed E-state index contributed by atoms with van der Waals surface area (Å²) in [4.78, 5) is 11.9. The second-order valence-electron chi connectivity index (χ2n) is 4.40. The lowest BCUT2D eigenvalue weighted by Gasteiger charge is -2.02. The van der Waals surface area contributed by atoms with Crippen molar-refractivity contribution in [1.82, 2.24) is 15.1 Å². The Bertz CT molecular complexity index is 571. The maximum atomic E-state index is 11.9. The molecule has 1 aromatic carbocycles. The van der Waals surface area contributed by atoms with E-state index in [1.54, 1.807) is 17.1 Å². The molecule has 0 aliphatic heterocycles. The van der Waals surface area contributed by atoms with Gasteiger partial charge in [-0.3, -0.25) is 4.79 Å². The highest BCUT2D eigenvalue weighted by Gasteiger charge is 2.08. The van der Waals surface area contributed by atoms with Gasteiger partial charge in [-0.2, -0.15) is 5.10 Å². The van der Waals surface area contributed by atoms with Crippen LogP contribution in [0, 0.1) is 0 Å². The van der Waals surface area contributed by atoms with E-state index in [0.717, 1.165) is 23.0 Å². The average molecular weight is 374 g/mol. The molecule has 0 saturated heterocycles. The number of hydrogen-bond acceptors (Lipinski definition) is 3. The van der Waals surface area contributed by atoms with Crippen LogP contribution in [0.5, 0.6) is 0 Å². The van der Waals surface area contributed by atoms with Crippen LogP contribution < -0.4 is 11.1 Å².